The van der Waals surface area contributed by atoms with Gasteiger partial charge in [0, 0.05) is 17.6 Å². The summed E-state index contributed by atoms with van der Waals surface area (Å²) in [7, 11) is 1.53. The van der Waals surface area contributed by atoms with Crippen molar-refractivity contribution in [3.05, 3.63) is 39.3 Å². The molecule has 0 saturated heterocycles. The minimum Gasteiger partial charge on any atom is -0.495 e. The third kappa shape index (κ3) is 3.23. The van der Waals surface area contributed by atoms with Crippen molar-refractivity contribution in [3.63, 3.8) is 0 Å². The van der Waals surface area contributed by atoms with Crippen molar-refractivity contribution in [2.75, 3.05) is 12.4 Å². The van der Waals surface area contributed by atoms with Crippen LogP contribution >= 0.6 is 22.9 Å². The van der Waals surface area contributed by atoms with Gasteiger partial charge in [0.2, 0.25) is 0 Å². The molecule has 1 amide bonds. The van der Waals surface area contributed by atoms with E-state index < -0.39 is 0 Å². The molecule has 19 heavy (non-hydrogen) atoms. The second-order valence-corrected chi connectivity index (χ2v) is 4.98. The molecule has 7 heteroatoms. The lowest BCUT2D eigenvalue weighted by atomic mass is 10.3. The molecule has 0 aliphatic rings. The van der Waals surface area contributed by atoms with Gasteiger partial charge in [-0.1, -0.05) is 11.6 Å². The van der Waals surface area contributed by atoms with E-state index in [9.17, 15) is 4.79 Å². The van der Waals surface area contributed by atoms with E-state index in [1.165, 1.54) is 18.4 Å². The predicted octanol–water partition coefficient (Wildman–Crippen LogP) is 2.52. The number of carbonyl (C=O) groups excluding carboxylic acids is 1. The average Bonchev–Trinajstić information content (AvgIpc) is 2.88. The summed E-state index contributed by atoms with van der Waals surface area (Å²) in [5, 5.41) is 5.53. The molecule has 0 radical (unpaired) electrons. The quantitative estimate of drug-likeness (QED) is 0.909. The number of carbonyl (C=O) groups is 1. The Kier molecular flexibility index (Phi) is 4.36. The van der Waals surface area contributed by atoms with Crippen LogP contribution in [-0.2, 0) is 6.54 Å². The van der Waals surface area contributed by atoms with Crippen molar-refractivity contribution >= 4 is 34.5 Å². The van der Waals surface area contributed by atoms with Crippen molar-refractivity contribution in [2.24, 2.45) is 5.73 Å². The maximum atomic E-state index is 11.9. The van der Waals surface area contributed by atoms with Crippen molar-refractivity contribution in [3.8, 4) is 5.75 Å². The Bertz CT molecular complexity index is 600. The maximum Gasteiger partial charge on any atom is 0.275 e. The van der Waals surface area contributed by atoms with Crippen LogP contribution in [0.2, 0.25) is 5.02 Å². The molecule has 100 valence electrons. The normalized spacial score (nSPS) is 10.3. The molecule has 0 atom stereocenters. The van der Waals surface area contributed by atoms with Gasteiger partial charge in [-0.25, -0.2) is 4.98 Å². The Morgan fingerprint density at radius 3 is 2.95 bits per heavy atom. The van der Waals surface area contributed by atoms with Gasteiger partial charge in [0.15, 0.2) is 0 Å². The highest BCUT2D eigenvalue weighted by Gasteiger charge is 2.11. The molecule has 0 fully saturated rings. The number of nitrogens with zero attached hydrogens (tertiary/aromatic N) is 1. The number of rotatable bonds is 4. The summed E-state index contributed by atoms with van der Waals surface area (Å²) < 4.78 is 5.04. The minimum atomic E-state index is -0.294. The lowest BCUT2D eigenvalue weighted by molar-refractivity contribution is 0.102. The second kappa shape index (κ2) is 6.01. The number of methoxy groups -OCH3 is 1. The predicted molar refractivity (Wildman–Crippen MR) is 76.0 cm³/mol. The molecule has 0 spiro atoms. The largest absolute Gasteiger partial charge is 0.495 e. The number of anilines is 1. The van der Waals surface area contributed by atoms with Crippen molar-refractivity contribution in [1.29, 1.82) is 0 Å². The lowest BCUT2D eigenvalue weighted by Gasteiger charge is -2.06. The first-order chi connectivity index (χ1) is 9.13. The lowest BCUT2D eigenvalue weighted by Crippen LogP contribution is -2.12. The van der Waals surface area contributed by atoms with E-state index in [0.29, 0.717) is 28.7 Å². The Morgan fingerprint density at radius 2 is 2.37 bits per heavy atom. The first-order valence-corrected chi connectivity index (χ1v) is 6.69. The van der Waals surface area contributed by atoms with E-state index in [0.717, 1.165) is 5.01 Å². The zero-order valence-electron chi connectivity index (χ0n) is 10.1. The fourth-order valence-corrected chi connectivity index (χ4v) is 2.36. The monoisotopic (exact) mass is 297 g/mol. The number of thiazole rings is 1. The van der Waals surface area contributed by atoms with Crippen molar-refractivity contribution in [1.82, 2.24) is 4.98 Å². The zero-order valence-corrected chi connectivity index (χ0v) is 11.7. The van der Waals surface area contributed by atoms with Gasteiger partial charge < -0.3 is 15.8 Å². The molecule has 2 rings (SSSR count). The van der Waals surface area contributed by atoms with E-state index in [2.05, 4.69) is 10.3 Å². The average molecular weight is 298 g/mol. The Morgan fingerprint density at radius 1 is 1.58 bits per heavy atom. The Hall–Kier alpha value is -1.63. The number of aromatic nitrogens is 1. The number of halogens is 1. The van der Waals surface area contributed by atoms with Gasteiger partial charge in [-0.05, 0) is 18.2 Å². The van der Waals surface area contributed by atoms with Crippen LogP contribution in [0.5, 0.6) is 5.75 Å². The SMILES string of the molecule is COc1ccc(NC(=O)c2csc(CN)n2)cc1Cl. The standard InChI is InChI=1S/C12H12ClN3O2S/c1-18-10-3-2-7(4-8(10)13)15-12(17)9-6-19-11(5-14)16-9/h2-4,6H,5,14H2,1H3,(H,15,17). The number of nitrogens with one attached hydrogen (secondary N) is 1. The third-order valence-electron chi connectivity index (χ3n) is 2.37. The highest BCUT2D eigenvalue weighted by Crippen LogP contribution is 2.27. The molecule has 2 aromatic rings. The molecule has 3 N–H and O–H groups in total. The second-order valence-electron chi connectivity index (χ2n) is 3.63. The molecule has 1 heterocycles. The maximum absolute atomic E-state index is 11.9. The summed E-state index contributed by atoms with van der Waals surface area (Å²) in [6.45, 7) is 0.326. The zero-order chi connectivity index (χ0) is 13.8. The Labute approximate surface area is 119 Å². The van der Waals surface area contributed by atoms with Gasteiger partial charge in [-0.3, -0.25) is 4.79 Å². The molecule has 0 aliphatic heterocycles. The number of benzene rings is 1. The van der Waals surface area contributed by atoms with Crippen LogP contribution in [-0.4, -0.2) is 18.0 Å². The van der Waals surface area contributed by atoms with Gasteiger partial charge >= 0.3 is 0 Å². The molecular formula is C12H12ClN3O2S. The van der Waals surface area contributed by atoms with Crippen molar-refractivity contribution < 1.29 is 9.53 Å². The molecule has 0 saturated carbocycles. The first kappa shape index (κ1) is 13.8. The summed E-state index contributed by atoms with van der Waals surface area (Å²) in [6.07, 6.45) is 0. The minimum absolute atomic E-state index is 0.294. The number of hydrogen-bond acceptors (Lipinski definition) is 5. The topological polar surface area (TPSA) is 77.2 Å². The van der Waals surface area contributed by atoms with Crippen LogP contribution in [0.15, 0.2) is 23.6 Å². The summed E-state index contributed by atoms with van der Waals surface area (Å²) in [6, 6.07) is 5.01. The fourth-order valence-electron chi connectivity index (χ4n) is 1.45. The number of amides is 1. The summed E-state index contributed by atoms with van der Waals surface area (Å²) in [5.41, 5.74) is 6.38. The van der Waals surface area contributed by atoms with Crippen LogP contribution in [0.3, 0.4) is 0 Å². The summed E-state index contributed by atoms with van der Waals surface area (Å²) in [4.78, 5) is 16.0. The highest BCUT2D eigenvalue weighted by molar-refractivity contribution is 7.09. The summed E-state index contributed by atoms with van der Waals surface area (Å²) >= 11 is 7.33. The molecule has 5 nitrogen and oxygen atoms in total. The van der Waals surface area contributed by atoms with Gasteiger partial charge in [0.05, 0.1) is 12.1 Å². The number of hydrogen-bond donors (Lipinski definition) is 2. The molecule has 0 aliphatic carbocycles. The van der Waals surface area contributed by atoms with Crippen molar-refractivity contribution in [2.45, 2.75) is 6.54 Å². The van der Waals surface area contributed by atoms with E-state index in [-0.39, 0.29) is 5.91 Å². The van der Waals surface area contributed by atoms with Gasteiger partial charge in [0.25, 0.3) is 5.91 Å². The number of nitrogens with two attached hydrogens (primary N) is 1. The number of ether oxygens (including phenoxy) is 1. The van der Waals surface area contributed by atoms with Crippen LogP contribution in [0.25, 0.3) is 0 Å². The first-order valence-electron chi connectivity index (χ1n) is 5.43. The molecular weight excluding hydrogens is 286 g/mol. The molecule has 1 aromatic heterocycles. The molecule has 0 bridgehead atoms. The van der Waals surface area contributed by atoms with Crippen LogP contribution in [0, 0.1) is 0 Å². The third-order valence-corrected chi connectivity index (χ3v) is 3.54. The van der Waals surface area contributed by atoms with E-state index in [1.807, 2.05) is 0 Å². The van der Waals surface area contributed by atoms with Crippen LogP contribution in [0.4, 0.5) is 5.69 Å². The van der Waals surface area contributed by atoms with Crippen LogP contribution in [0.1, 0.15) is 15.5 Å². The van der Waals surface area contributed by atoms with E-state index in [1.54, 1.807) is 23.6 Å². The Balaban J connectivity index is 2.12. The molecule has 1 aromatic carbocycles. The van der Waals surface area contributed by atoms with E-state index in [4.69, 9.17) is 22.1 Å². The smallest absolute Gasteiger partial charge is 0.275 e. The van der Waals surface area contributed by atoms with Crippen LogP contribution < -0.4 is 15.8 Å². The summed E-state index contributed by atoms with van der Waals surface area (Å²) in [5.74, 6) is 0.260. The van der Waals surface area contributed by atoms with Gasteiger partial charge in [-0.2, -0.15) is 0 Å². The highest BCUT2D eigenvalue weighted by atomic mass is 35.5. The van der Waals surface area contributed by atoms with E-state index >= 15 is 0 Å². The molecule has 0 unspecified atom stereocenters. The van der Waals surface area contributed by atoms with Gasteiger partial charge in [-0.15, -0.1) is 11.3 Å². The van der Waals surface area contributed by atoms with Gasteiger partial charge in [0.1, 0.15) is 16.5 Å². The fraction of sp³-hybridized carbons (Fsp3) is 0.167.